The first-order valence-corrected chi connectivity index (χ1v) is 12.9. The van der Waals surface area contributed by atoms with E-state index in [4.69, 9.17) is 4.98 Å². The molecular formula is C34H26N4. The van der Waals surface area contributed by atoms with Crippen molar-refractivity contribution in [3.05, 3.63) is 114 Å². The maximum atomic E-state index is 9.50. The van der Waals surface area contributed by atoms with E-state index in [0.29, 0.717) is 5.56 Å². The van der Waals surface area contributed by atoms with Crippen molar-refractivity contribution in [2.45, 2.75) is 26.2 Å². The molecule has 38 heavy (non-hydrogen) atoms. The molecule has 0 saturated carbocycles. The summed E-state index contributed by atoms with van der Waals surface area (Å²) in [5.74, 6) is 1.72. The van der Waals surface area contributed by atoms with Gasteiger partial charge >= 0.3 is 0 Å². The number of nitrogens with zero attached hydrogens (tertiary/aromatic N) is 4. The summed E-state index contributed by atoms with van der Waals surface area (Å²) in [6, 6.07) is 38.0. The van der Waals surface area contributed by atoms with Crippen LogP contribution in [0.3, 0.4) is 0 Å². The zero-order valence-electron chi connectivity index (χ0n) is 21.6. The lowest BCUT2D eigenvalue weighted by Crippen LogP contribution is -2.10. The Hall–Kier alpha value is -4.88. The molecular weight excluding hydrogens is 464 g/mol. The fourth-order valence-corrected chi connectivity index (χ4v) is 5.64. The molecule has 0 N–H and O–H groups in total. The van der Waals surface area contributed by atoms with Crippen molar-refractivity contribution in [1.29, 1.82) is 5.26 Å². The summed E-state index contributed by atoms with van der Waals surface area (Å²) in [6.45, 7) is 6.76. The molecule has 4 nitrogen and oxygen atoms in total. The zero-order chi connectivity index (χ0) is 26.0. The largest absolute Gasteiger partial charge is 0.294 e. The highest BCUT2D eigenvalue weighted by molar-refractivity contribution is 6.10. The first kappa shape index (κ1) is 22.3. The number of hydrogen-bond donors (Lipinski definition) is 0. The lowest BCUT2D eigenvalue weighted by Gasteiger charge is -2.19. The average Bonchev–Trinajstić information content (AvgIpc) is 3.45. The van der Waals surface area contributed by atoms with Gasteiger partial charge in [-0.25, -0.2) is 4.98 Å². The van der Waals surface area contributed by atoms with Crippen LogP contribution in [0.15, 0.2) is 103 Å². The molecule has 0 fully saturated rings. The highest BCUT2D eigenvalue weighted by atomic mass is 15.1. The van der Waals surface area contributed by atoms with Crippen LogP contribution in [0, 0.1) is 11.3 Å². The fourth-order valence-electron chi connectivity index (χ4n) is 5.64. The zero-order valence-corrected chi connectivity index (χ0v) is 21.6. The summed E-state index contributed by atoms with van der Waals surface area (Å²) in [5.41, 5.74) is 6.42. The van der Waals surface area contributed by atoms with Crippen LogP contribution in [0.4, 0.5) is 0 Å². The summed E-state index contributed by atoms with van der Waals surface area (Å²) in [7, 11) is 0. The van der Waals surface area contributed by atoms with Gasteiger partial charge < -0.3 is 0 Å². The van der Waals surface area contributed by atoms with Gasteiger partial charge in [-0.3, -0.25) is 9.13 Å². The highest BCUT2D eigenvalue weighted by Gasteiger charge is 2.19. The van der Waals surface area contributed by atoms with E-state index in [2.05, 4.69) is 109 Å². The van der Waals surface area contributed by atoms with Crippen molar-refractivity contribution in [1.82, 2.24) is 14.1 Å². The van der Waals surface area contributed by atoms with Crippen molar-refractivity contribution in [3.8, 4) is 17.7 Å². The van der Waals surface area contributed by atoms with E-state index < -0.39 is 0 Å². The van der Waals surface area contributed by atoms with Gasteiger partial charge in [0.1, 0.15) is 11.6 Å². The third-order valence-corrected chi connectivity index (χ3v) is 7.52. The van der Waals surface area contributed by atoms with Crippen molar-refractivity contribution in [2.24, 2.45) is 0 Å². The molecule has 0 aliphatic rings. The molecule has 0 radical (unpaired) electrons. The second-order valence-electron chi connectivity index (χ2n) is 10.9. The Morgan fingerprint density at radius 3 is 1.68 bits per heavy atom. The molecule has 3 aromatic heterocycles. The molecule has 0 spiro atoms. The number of hydrogen-bond acceptors (Lipinski definition) is 2. The van der Waals surface area contributed by atoms with E-state index in [9.17, 15) is 5.26 Å². The van der Waals surface area contributed by atoms with Gasteiger partial charge in [0.25, 0.3) is 0 Å². The first-order chi connectivity index (χ1) is 18.4. The molecule has 4 aromatic carbocycles. The van der Waals surface area contributed by atoms with Crippen molar-refractivity contribution >= 4 is 43.6 Å². The van der Waals surface area contributed by atoms with Crippen LogP contribution in [0.5, 0.6) is 0 Å². The van der Waals surface area contributed by atoms with Gasteiger partial charge in [0.15, 0.2) is 0 Å². The first-order valence-electron chi connectivity index (χ1n) is 12.9. The topological polar surface area (TPSA) is 46.5 Å². The minimum Gasteiger partial charge on any atom is -0.294 e. The van der Waals surface area contributed by atoms with Crippen LogP contribution in [-0.4, -0.2) is 14.1 Å². The number of benzene rings is 4. The summed E-state index contributed by atoms with van der Waals surface area (Å²) in [6.07, 6.45) is 0. The van der Waals surface area contributed by atoms with Gasteiger partial charge in [0.05, 0.1) is 33.7 Å². The molecule has 3 heterocycles. The SMILES string of the molecule is CC(C)(C)c1ccc2c(c1)c1ccccc1n2-c1cccc(-n2c3ccccc3c3cc(C#N)ccc32)n1. The summed E-state index contributed by atoms with van der Waals surface area (Å²) < 4.78 is 4.46. The Bertz CT molecular complexity index is 2080. The van der Waals surface area contributed by atoms with Gasteiger partial charge in [-0.05, 0) is 65.6 Å². The van der Waals surface area contributed by atoms with Crippen LogP contribution < -0.4 is 0 Å². The predicted octanol–water partition coefficient (Wildman–Crippen LogP) is 8.44. The van der Waals surface area contributed by atoms with Crippen molar-refractivity contribution < 1.29 is 0 Å². The van der Waals surface area contributed by atoms with Gasteiger partial charge in [0, 0.05) is 21.5 Å². The molecule has 0 aliphatic heterocycles. The Morgan fingerprint density at radius 2 is 1.11 bits per heavy atom. The average molecular weight is 491 g/mol. The smallest absolute Gasteiger partial charge is 0.140 e. The van der Waals surface area contributed by atoms with Crippen LogP contribution >= 0.6 is 0 Å². The minimum atomic E-state index is 0.0670. The Kier molecular flexibility index (Phi) is 4.74. The van der Waals surface area contributed by atoms with E-state index in [-0.39, 0.29) is 5.41 Å². The van der Waals surface area contributed by atoms with Gasteiger partial charge in [-0.2, -0.15) is 5.26 Å². The maximum Gasteiger partial charge on any atom is 0.140 e. The highest BCUT2D eigenvalue weighted by Crippen LogP contribution is 2.36. The molecule has 0 atom stereocenters. The monoisotopic (exact) mass is 490 g/mol. The van der Waals surface area contributed by atoms with Crippen LogP contribution in [0.1, 0.15) is 31.9 Å². The maximum absolute atomic E-state index is 9.50. The van der Waals surface area contributed by atoms with E-state index >= 15 is 0 Å². The van der Waals surface area contributed by atoms with Crippen molar-refractivity contribution in [2.75, 3.05) is 0 Å². The predicted molar refractivity (Wildman–Crippen MR) is 156 cm³/mol. The third kappa shape index (κ3) is 3.26. The van der Waals surface area contributed by atoms with Gasteiger partial charge in [-0.1, -0.05) is 69.3 Å². The van der Waals surface area contributed by atoms with Crippen LogP contribution in [-0.2, 0) is 5.41 Å². The number of para-hydroxylation sites is 2. The van der Waals surface area contributed by atoms with E-state index in [0.717, 1.165) is 44.5 Å². The molecule has 7 rings (SSSR count). The van der Waals surface area contributed by atoms with E-state index in [1.54, 1.807) is 0 Å². The normalized spacial score (nSPS) is 12.1. The van der Waals surface area contributed by atoms with E-state index in [1.165, 1.54) is 16.3 Å². The summed E-state index contributed by atoms with van der Waals surface area (Å²) in [4.78, 5) is 5.23. The Labute approximate surface area is 221 Å². The number of fused-ring (bicyclic) bond motifs is 6. The van der Waals surface area contributed by atoms with Crippen LogP contribution in [0.2, 0.25) is 0 Å². The molecule has 182 valence electrons. The summed E-state index contributed by atoms with van der Waals surface area (Å²) >= 11 is 0. The molecule has 0 saturated heterocycles. The van der Waals surface area contributed by atoms with E-state index in [1.807, 2.05) is 30.3 Å². The van der Waals surface area contributed by atoms with Gasteiger partial charge in [-0.15, -0.1) is 0 Å². The second-order valence-corrected chi connectivity index (χ2v) is 10.9. The lowest BCUT2D eigenvalue weighted by molar-refractivity contribution is 0.591. The van der Waals surface area contributed by atoms with Crippen molar-refractivity contribution in [3.63, 3.8) is 0 Å². The Balaban J connectivity index is 1.51. The standard InChI is InChI=1S/C34H26N4/c1-34(2,3)23-16-18-31-27(20-23)25-10-5-7-12-29(25)38(31)33-14-8-13-32(36-33)37-28-11-6-4-9-24(28)26-19-22(21-35)15-17-30(26)37/h4-20H,1-3H3. The third-order valence-electron chi connectivity index (χ3n) is 7.52. The number of aromatic nitrogens is 3. The molecule has 0 amide bonds. The fraction of sp³-hybridized carbons (Fsp3) is 0.118. The second kappa shape index (κ2) is 8.06. The molecule has 0 bridgehead atoms. The molecule has 4 heteroatoms. The quantitative estimate of drug-likeness (QED) is 0.244. The number of rotatable bonds is 2. The molecule has 0 aliphatic carbocycles. The summed E-state index contributed by atoms with van der Waals surface area (Å²) in [5, 5.41) is 14.1. The Morgan fingerprint density at radius 1 is 0.579 bits per heavy atom. The lowest BCUT2D eigenvalue weighted by atomic mass is 9.86. The van der Waals surface area contributed by atoms with Crippen LogP contribution in [0.25, 0.3) is 55.2 Å². The number of pyridine rings is 1. The minimum absolute atomic E-state index is 0.0670. The molecule has 0 unspecified atom stereocenters. The van der Waals surface area contributed by atoms with Gasteiger partial charge in [0.2, 0.25) is 0 Å². The number of nitriles is 1. The molecule has 7 aromatic rings.